The molecule has 1 saturated heterocycles. The van der Waals surface area contributed by atoms with Crippen molar-refractivity contribution >= 4 is 5.69 Å². The van der Waals surface area contributed by atoms with Crippen LogP contribution in [0.5, 0.6) is 0 Å². The summed E-state index contributed by atoms with van der Waals surface area (Å²) < 4.78 is 21.8. The molecule has 0 saturated carbocycles. The molecule has 2 heterocycles. The highest BCUT2D eigenvalue weighted by atomic mass is 19.1. The van der Waals surface area contributed by atoms with Gasteiger partial charge < -0.3 is 9.64 Å². The first-order valence-corrected chi connectivity index (χ1v) is 8.13. The molecule has 24 heavy (non-hydrogen) atoms. The Morgan fingerprint density at radius 1 is 1.17 bits per heavy atom. The van der Waals surface area contributed by atoms with Gasteiger partial charge in [0.2, 0.25) is 0 Å². The summed E-state index contributed by atoms with van der Waals surface area (Å²) in [5, 5.41) is 0. The Kier molecular flexibility index (Phi) is 4.41. The second kappa shape index (κ2) is 6.36. The molecule has 5 nitrogen and oxygen atoms in total. The van der Waals surface area contributed by atoms with Crippen LogP contribution < -0.4 is 10.5 Å². The lowest BCUT2D eigenvalue weighted by atomic mass is 10.1. The minimum absolute atomic E-state index is 0.0546. The zero-order chi connectivity index (χ0) is 17.4. The SMILES string of the molecule is Cc1cc(=O)n(-c2ccc(N3CC(C)OC(C)C3)c(F)c2)c(C)n1. The summed E-state index contributed by atoms with van der Waals surface area (Å²) in [5.41, 5.74) is 1.47. The van der Waals surface area contributed by atoms with Gasteiger partial charge >= 0.3 is 0 Å². The van der Waals surface area contributed by atoms with E-state index < -0.39 is 0 Å². The Balaban J connectivity index is 1.98. The quantitative estimate of drug-likeness (QED) is 0.849. The molecule has 1 fully saturated rings. The standard InChI is InChI=1S/C18H22FN3O2/c1-11-7-18(23)22(14(4)20-11)15-5-6-17(16(19)8-15)21-9-12(2)24-13(3)10-21/h5-8,12-13H,9-10H2,1-4H3. The molecule has 2 unspecified atom stereocenters. The Labute approximate surface area is 140 Å². The van der Waals surface area contributed by atoms with Crippen LogP contribution in [0.1, 0.15) is 25.4 Å². The van der Waals surface area contributed by atoms with E-state index in [1.807, 2.05) is 18.7 Å². The average Bonchev–Trinajstić information content (AvgIpc) is 2.45. The Bertz CT molecular complexity index is 808. The zero-order valence-corrected chi connectivity index (χ0v) is 14.4. The lowest BCUT2D eigenvalue weighted by Crippen LogP contribution is -2.45. The fraction of sp³-hybridized carbons (Fsp3) is 0.444. The molecular formula is C18H22FN3O2. The van der Waals surface area contributed by atoms with Gasteiger partial charge in [0.15, 0.2) is 0 Å². The van der Waals surface area contributed by atoms with E-state index in [2.05, 4.69) is 4.98 Å². The number of rotatable bonds is 2. The van der Waals surface area contributed by atoms with Gasteiger partial charge in [-0.2, -0.15) is 0 Å². The van der Waals surface area contributed by atoms with E-state index in [4.69, 9.17) is 4.74 Å². The fourth-order valence-electron chi connectivity index (χ4n) is 3.32. The summed E-state index contributed by atoms with van der Waals surface area (Å²) in [6.07, 6.45) is 0.109. The van der Waals surface area contributed by atoms with Crippen LogP contribution in [-0.4, -0.2) is 34.8 Å². The van der Waals surface area contributed by atoms with E-state index in [0.29, 0.717) is 36.0 Å². The molecule has 6 heteroatoms. The number of anilines is 1. The number of hydrogen-bond acceptors (Lipinski definition) is 4. The third-order valence-electron chi connectivity index (χ3n) is 4.16. The first kappa shape index (κ1) is 16.6. The van der Waals surface area contributed by atoms with Crippen LogP contribution in [0.4, 0.5) is 10.1 Å². The molecule has 3 rings (SSSR count). The minimum atomic E-state index is -0.347. The Hall–Kier alpha value is -2.21. The highest BCUT2D eigenvalue weighted by molar-refractivity contribution is 5.53. The minimum Gasteiger partial charge on any atom is -0.372 e. The van der Waals surface area contributed by atoms with Gasteiger partial charge in [-0.3, -0.25) is 9.36 Å². The van der Waals surface area contributed by atoms with E-state index in [1.54, 1.807) is 26.0 Å². The van der Waals surface area contributed by atoms with Crippen molar-refractivity contribution in [1.82, 2.24) is 9.55 Å². The summed E-state index contributed by atoms with van der Waals surface area (Å²) in [4.78, 5) is 18.5. The van der Waals surface area contributed by atoms with Crippen molar-refractivity contribution in [2.24, 2.45) is 0 Å². The second-order valence-electron chi connectivity index (χ2n) is 6.42. The van der Waals surface area contributed by atoms with E-state index in [-0.39, 0.29) is 23.6 Å². The molecule has 0 aliphatic carbocycles. The van der Waals surface area contributed by atoms with Crippen molar-refractivity contribution < 1.29 is 9.13 Å². The maximum atomic E-state index is 14.7. The Morgan fingerprint density at radius 2 is 1.83 bits per heavy atom. The lowest BCUT2D eigenvalue weighted by Gasteiger charge is -2.37. The predicted octanol–water partition coefficient (Wildman–Crippen LogP) is 2.60. The molecule has 1 aliphatic heterocycles. The van der Waals surface area contributed by atoms with Crippen molar-refractivity contribution in [3.8, 4) is 5.69 Å². The third kappa shape index (κ3) is 3.19. The van der Waals surface area contributed by atoms with Gasteiger partial charge in [0.25, 0.3) is 5.56 Å². The van der Waals surface area contributed by atoms with Crippen molar-refractivity contribution in [3.05, 3.63) is 52.0 Å². The van der Waals surface area contributed by atoms with Gasteiger partial charge in [-0.15, -0.1) is 0 Å². The number of aryl methyl sites for hydroxylation is 2. The van der Waals surface area contributed by atoms with Crippen molar-refractivity contribution in [3.63, 3.8) is 0 Å². The largest absolute Gasteiger partial charge is 0.372 e. The third-order valence-corrected chi connectivity index (χ3v) is 4.16. The smallest absolute Gasteiger partial charge is 0.258 e. The van der Waals surface area contributed by atoms with Crippen molar-refractivity contribution in [1.29, 1.82) is 0 Å². The Morgan fingerprint density at radius 3 is 2.42 bits per heavy atom. The summed E-state index contributed by atoms with van der Waals surface area (Å²) >= 11 is 0. The van der Waals surface area contributed by atoms with Crippen LogP contribution >= 0.6 is 0 Å². The van der Waals surface area contributed by atoms with Crippen LogP contribution in [0.2, 0.25) is 0 Å². The molecule has 0 N–H and O–H groups in total. The predicted molar refractivity (Wildman–Crippen MR) is 91.5 cm³/mol. The first-order chi connectivity index (χ1) is 11.3. The number of hydrogen-bond donors (Lipinski definition) is 0. The summed E-state index contributed by atoms with van der Waals surface area (Å²) in [6, 6.07) is 6.32. The van der Waals surface area contributed by atoms with Crippen LogP contribution in [0.25, 0.3) is 5.69 Å². The monoisotopic (exact) mass is 331 g/mol. The molecular weight excluding hydrogens is 309 g/mol. The normalized spacial score (nSPS) is 21.1. The summed E-state index contributed by atoms with van der Waals surface area (Å²) in [7, 11) is 0. The maximum absolute atomic E-state index is 14.7. The van der Waals surface area contributed by atoms with Gasteiger partial charge in [-0.05, 0) is 39.8 Å². The summed E-state index contributed by atoms with van der Waals surface area (Å²) in [6.45, 7) is 8.76. The molecule has 2 aromatic rings. The number of aromatic nitrogens is 2. The fourth-order valence-corrected chi connectivity index (χ4v) is 3.32. The number of morpholine rings is 1. The van der Waals surface area contributed by atoms with E-state index in [9.17, 15) is 9.18 Å². The number of benzene rings is 1. The second-order valence-corrected chi connectivity index (χ2v) is 6.42. The van der Waals surface area contributed by atoms with Gasteiger partial charge in [0, 0.05) is 30.9 Å². The first-order valence-electron chi connectivity index (χ1n) is 8.13. The molecule has 1 aromatic carbocycles. The molecule has 1 aromatic heterocycles. The number of ether oxygens (including phenoxy) is 1. The van der Waals surface area contributed by atoms with E-state index in [0.717, 1.165) is 0 Å². The molecule has 0 amide bonds. The molecule has 0 radical (unpaired) electrons. The molecule has 0 spiro atoms. The van der Waals surface area contributed by atoms with Gasteiger partial charge in [-0.25, -0.2) is 9.37 Å². The molecule has 128 valence electrons. The van der Waals surface area contributed by atoms with Gasteiger partial charge in [0.05, 0.1) is 23.6 Å². The van der Waals surface area contributed by atoms with Crippen LogP contribution in [0.15, 0.2) is 29.1 Å². The summed E-state index contributed by atoms with van der Waals surface area (Å²) in [5.74, 6) is 0.196. The van der Waals surface area contributed by atoms with E-state index in [1.165, 1.54) is 16.7 Å². The van der Waals surface area contributed by atoms with Gasteiger partial charge in [-0.1, -0.05) is 0 Å². The van der Waals surface area contributed by atoms with E-state index >= 15 is 0 Å². The number of halogens is 1. The molecule has 0 bridgehead atoms. The lowest BCUT2D eigenvalue weighted by molar-refractivity contribution is -0.00539. The zero-order valence-electron chi connectivity index (χ0n) is 14.4. The van der Waals surface area contributed by atoms with Crippen LogP contribution in [0, 0.1) is 19.7 Å². The van der Waals surface area contributed by atoms with Crippen LogP contribution in [-0.2, 0) is 4.74 Å². The van der Waals surface area contributed by atoms with Crippen LogP contribution in [0.3, 0.4) is 0 Å². The average molecular weight is 331 g/mol. The van der Waals surface area contributed by atoms with Crippen molar-refractivity contribution in [2.75, 3.05) is 18.0 Å². The van der Waals surface area contributed by atoms with Gasteiger partial charge in [0.1, 0.15) is 11.6 Å². The number of nitrogens with zero attached hydrogens (tertiary/aromatic N) is 3. The topological polar surface area (TPSA) is 47.4 Å². The highest BCUT2D eigenvalue weighted by Gasteiger charge is 2.24. The molecule has 1 aliphatic rings. The maximum Gasteiger partial charge on any atom is 0.258 e. The highest BCUT2D eigenvalue weighted by Crippen LogP contribution is 2.25. The molecule has 2 atom stereocenters. The van der Waals surface area contributed by atoms with Crippen molar-refractivity contribution in [2.45, 2.75) is 39.9 Å².